The van der Waals surface area contributed by atoms with Gasteiger partial charge in [-0.25, -0.2) is 0 Å². The number of hydrogen-bond acceptors (Lipinski definition) is 3. The van der Waals surface area contributed by atoms with Crippen molar-refractivity contribution in [3.8, 4) is 0 Å². The van der Waals surface area contributed by atoms with Crippen molar-refractivity contribution in [1.29, 1.82) is 0 Å². The van der Waals surface area contributed by atoms with E-state index < -0.39 is 0 Å². The van der Waals surface area contributed by atoms with Crippen LogP contribution in [0.2, 0.25) is 10.0 Å². The lowest BCUT2D eigenvalue weighted by Crippen LogP contribution is -2.30. The zero-order valence-electron chi connectivity index (χ0n) is 13.2. The molecule has 1 saturated heterocycles. The van der Waals surface area contributed by atoms with Crippen LogP contribution in [0, 0.1) is 0 Å². The van der Waals surface area contributed by atoms with Gasteiger partial charge in [0.15, 0.2) is 0 Å². The summed E-state index contributed by atoms with van der Waals surface area (Å²) in [5, 5.41) is 3.87. The smallest absolute Gasteiger partial charge is 0.255 e. The summed E-state index contributed by atoms with van der Waals surface area (Å²) in [5.41, 5.74) is 8.76. The molecule has 24 heavy (non-hydrogen) atoms. The van der Waals surface area contributed by atoms with Gasteiger partial charge in [0.2, 0.25) is 0 Å². The lowest BCUT2D eigenvalue weighted by atomic mass is 10.1. The number of carbonyl (C=O) groups excluding carboxylic acids is 1. The van der Waals surface area contributed by atoms with Crippen molar-refractivity contribution in [2.45, 2.75) is 19.3 Å². The Kier molecular flexibility index (Phi) is 5.17. The quantitative estimate of drug-likeness (QED) is 0.768. The van der Waals surface area contributed by atoms with Gasteiger partial charge in [0.1, 0.15) is 0 Å². The van der Waals surface area contributed by atoms with Crippen LogP contribution in [0.25, 0.3) is 0 Å². The molecule has 126 valence electrons. The number of halogens is 2. The fraction of sp³-hybridized carbons (Fsp3) is 0.278. The Balaban J connectivity index is 1.84. The summed E-state index contributed by atoms with van der Waals surface area (Å²) in [7, 11) is 0. The fourth-order valence-corrected chi connectivity index (χ4v) is 3.22. The van der Waals surface area contributed by atoms with Gasteiger partial charge in [-0.15, -0.1) is 0 Å². The van der Waals surface area contributed by atoms with Crippen LogP contribution in [0.15, 0.2) is 36.4 Å². The maximum absolute atomic E-state index is 12.4. The Bertz CT molecular complexity index is 741. The number of carbonyl (C=O) groups is 1. The Morgan fingerprint density at radius 3 is 2.38 bits per heavy atom. The fourth-order valence-electron chi connectivity index (χ4n) is 2.88. The molecule has 3 rings (SSSR count). The molecule has 6 heteroatoms. The van der Waals surface area contributed by atoms with Crippen molar-refractivity contribution in [2.75, 3.05) is 29.0 Å². The number of anilines is 3. The van der Waals surface area contributed by atoms with Gasteiger partial charge in [0, 0.05) is 23.7 Å². The van der Waals surface area contributed by atoms with Gasteiger partial charge in [0.25, 0.3) is 5.91 Å². The summed E-state index contributed by atoms with van der Waals surface area (Å²) >= 11 is 12.1. The first-order chi connectivity index (χ1) is 11.5. The third-order valence-electron chi connectivity index (χ3n) is 4.17. The van der Waals surface area contributed by atoms with E-state index in [-0.39, 0.29) is 5.91 Å². The third-order valence-corrected chi connectivity index (χ3v) is 4.73. The molecule has 2 aromatic carbocycles. The monoisotopic (exact) mass is 363 g/mol. The van der Waals surface area contributed by atoms with Gasteiger partial charge in [0.05, 0.1) is 22.1 Å². The molecule has 0 spiro atoms. The Morgan fingerprint density at radius 1 is 1.04 bits per heavy atom. The van der Waals surface area contributed by atoms with E-state index in [1.807, 2.05) is 6.07 Å². The topological polar surface area (TPSA) is 58.4 Å². The first-order valence-corrected chi connectivity index (χ1v) is 8.71. The van der Waals surface area contributed by atoms with Crippen molar-refractivity contribution in [3.63, 3.8) is 0 Å². The highest BCUT2D eigenvalue weighted by molar-refractivity contribution is 6.34. The van der Waals surface area contributed by atoms with E-state index in [1.165, 1.54) is 6.42 Å². The first kappa shape index (κ1) is 16.9. The van der Waals surface area contributed by atoms with Gasteiger partial charge in [-0.2, -0.15) is 0 Å². The molecule has 1 fully saturated rings. The van der Waals surface area contributed by atoms with Crippen molar-refractivity contribution in [3.05, 3.63) is 52.0 Å². The van der Waals surface area contributed by atoms with E-state index in [0.29, 0.717) is 27.0 Å². The lowest BCUT2D eigenvalue weighted by molar-refractivity contribution is 0.102. The molecular weight excluding hydrogens is 345 g/mol. The van der Waals surface area contributed by atoms with Crippen LogP contribution in [0.5, 0.6) is 0 Å². The highest BCUT2D eigenvalue weighted by Crippen LogP contribution is 2.35. The number of piperidine rings is 1. The SMILES string of the molecule is Nc1cc(Cl)c(NC(=O)c2ccc(Cl)cc2)cc1N1CCCCC1. The molecule has 0 unspecified atom stereocenters. The minimum atomic E-state index is -0.233. The van der Waals surface area contributed by atoms with Crippen molar-refractivity contribution in [1.82, 2.24) is 0 Å². The maximum atomic E-state index is 12.4. The van der Waals surface area contributed by atoms with Crippen LogP contribution < -0.4 is 16.0 Å². The van der Waals surface area contributed by atoms with Crippen LogP contribution in [-0.4, -0.2) is 19.0 Å². The Labute approximate surface area is 151 Å². The van der Waals surface area contributed by atoms with E-state index in [4.69, 9.17) is 28.9 Å². The Morgan fingerprint density at radius 2 is 1.71 bits per heavy atom. The summed E-state index contributed by atoms with van der Waals surface area (Å²) in [6, 6.07) is 10.3. The minimum Gasteiger partial charge on any atom is -0.397 e. The molecule has 1 aliphatic heterocycles. The van der Waals surface area contributed by atoms with E-state index in [1.54, 1.807) is 30.3 Å². The number of nitrogens with one attached hydrogen (secondary N) is 1. The zero-order valence-corrected chi connectivity index (χ0v) is 14.7. The number of amides is 1. The van der Waals surface area contributed by atoms with E-state index in [9.17, 15) is 4.79 Å². The van der Waals surface area contributed by atoms with Crippen molar-refractivity contribution < 1.29 is 4.79 Å². The molecule has 3 N–H and O–H groups in total. The predicted molar refractivity (Wildman–Crippen MR) is 101 cm³/mol. The predicted octanol–water partition coefficient (Wildman–Crippen LogP) is 4.82. The van der Waals surface area contributed by atoms with Crippen LogP contribution in [0.3, 0.4) is 0 Å². The van der Waals surface area contributed by atoms with E-state index >= 15 is 0 Å². The summed E-state index contributed by atoms with van der Waals surface area (Å²) in [6.45, 7) is 1.94. The second kappa shape index (κ2) is 7.32. The second-order valence-electron chi connectivity index (χ2n) is 5.90. The summed E-state index contributed by atoms with van der Waals surface area (Å²) in [5.74, 6) is -0.233. The molecule has 0 aromatic heterocycles. The van der Waals surface area contributed by atoms with E-state index in [2.05, 4.69) is 10.2 Å². The summed E-state index contributed by atoms with van der Waals surface area (Å²) < 4.78 is 0. The molecule has 1 aliphatic rings. The number of benzene rings is 2. The van der Waals surface area contributed by atoms with Crippen LogP contribution in [0.1, 0.15) is 29.6 Å². The van der Waals surface area contributed by atoms with Gasteiger partial charge in [-0.05, 0) is 55.7 Å². The molecule has 1 heterocycles. The zero-order chi connectivity index (χ0) is 17.1. The average molecular weight is 364 g/mol. The molecule has 0 atom stereocenters. The molecule has 0 bridgehead atoms. The molecular formula is C18H19Cl2N3O. The van der Waals surface area contributed by atoms with Crippen LogP contribution in [0.4, 0.5) is 17.1 Å². The molecule has 0 aliphatic carbocycles. The first-order valence-electron chi connectivity index (χ1n) is 7.95. The van der Waals surface area contributed by atoms with Crippen molar-refractivity contribution >= 4 is 46.2 Å². The highest BCUT2D eigenvalue weighted by Gasteiger charge is 2.17. The summed E-state index contributed by atoms with van der Waals surface area (Å²) in [6.07, 6.45) is 3.53. The van der Waals surface area contributed by atoms with E-state index in [0.717, 1.165) is 31.6 Å². The van der Waals surface area contributed by atoms with Gasteiger partial charge >= 0.3 is 0 Å². The molecule has 0 saturated carbocycles. The van der Waals surface area contributed by atoms with Gasteiger partial charge < -0.3 is 16.0 Å². The maximum Gasteiger partial charge on any atom is 0.255 e. The Hall–Kier alpha value is -1.91. The van der Waals surface area contributed by atoms with Crippen LogP contribution >= 0.6 is 23.2 Å². The average Bonchev–Trinajstić information content (AvgIpc) is 2.58. The van der Waals surface area contributed by atoms with Gasteiger partial charge in [-0.1, -0.05) is 23.2 Å². The number of rotatable bonds is 3. The number of nitrogens with zero attached hydrogens (tertiary/aromatic N) is 1. The second-order valence-corrected chi connectivity index (χ2v) is 6.74. The lowest BCUT2D eigenvalue weighted by Gasteiger charge is -2.30. The molecule has 0 radical (unpaired) electrons. The normalized spacial score (nSPS) is 14.5. The molecule has 1 amide bonds. The number of nitrogens with two attached hydrogens (primary N) is 1. The minimum absolute atomic E-state index is 0.233. The van der Waals surface area contributed by atoms with Gasteiger partial charge in [-0.3, -0.25) is 4.79 Å². The van der Waals surface area contributed by atoms with Crippen LogP contribution in [-0.2, 0) is 0 Å². The number of nitrogen functional groups attached to an aromatic ring is 1. The van der Waals surface area contributed by atoms with Crippen molar-refractivity contribution in [2.24, 2.45) is 0 Å². The third kappa shape index (κ3) is 3.77. The molecule has 4 nitrogen and oxygen atoms in total. The highest BCUT2D eigenvalue weighted by atomic mass is 35.5. The summed E-state index contributed by atoms with van der Waals surface area (Å²) in [4.78, 5) is 14.6. The number of hydrogen-bond donors (Lipinski definition) is 2. The molecule has 2 aromatic rings. The largest absolute Gasteiger partial charge is 0.397 e. The standard InChI is InChI=1S/C18H19Cl2N3O/c19-13-6-4-12(5-7-13)18(24)22-16-11-17(15(21)10-14(16)20)23-8-2-1-3-9-23/h4-7,10-11H,1-3,8-9,21H2,(H,22,24).